The highest BCUT2D eigenvalue weighted by Gasteiger charge is 2.33. The second kappa shape index (κ2) is 6.36. The Morgan fingerprint density at radius 3 is 3.04 bits per heavy atom. The maximum absolute atomic E-state index is 12.4. The number of rotatable bonds is 5. The minimum Gasteiger partial charge on any atom is -0.360 e. The summed E-state index contributed by atoms with van der Waals surface area (Å²) in [5.41, 5.74) is 1.59. The van der Waals surface area contributed by atoms with E-state index in [4.69, 9.17) is 4.52 Å². The molecule has 1 amide bonds. The van der Waals surface area contributed by atoms with Crippen molar-refractivity contribution in [2.75, 3.05) is 13.1 Å². The lowest BCUT2D eigenvalue weighted by molar-refractivity contribution is 0.0922. The number of likely N-dealkylation sites (tertiary alicyclic amines) is 1. The lowest BCUT2D eigenvalue weighted by Crippen LogP contribution is -2.39. The lowest BCUT2D eigenvalue weighted by atomic mass is 10.1. The van der Waals surface area contributed by atoms with Crippen LogP contribution in [0.2, 0.25) is 0 Å². The van der Waals surface area contributed by atoms with Gasteiger partial charge in [0.15, 0.2) is 5.69 Å². The Bertz CT molecular complexity index is 711. The van der Waals surface area contributed by atoms with Gasteiger partial charge >= 0.3 is 0 Å². The average Bonchev–Trinajstić information content (AvgIpc) is 3.21. The zero-order valence-corrected chi connectivity index (χ0v) is 13.8. The smallest absolute Gasteiger partial charge is 0.273 e. The number of carbonyl (C=O) groups excluding carboxylic acids is 1. The summed E-state index contributed by atoms with van der Waals surface area (Å²) in [6.45, 7) is 4.84. The van der Waals surface area contributed by atoms with Crippen LogP contribution in [0.25, 0.3) is 0 Å². The number of nitrogens with zero attached hydrogens (tertiary/aromatic N) is 3. The standard InChI is InChI=1S/C18H22N4O2/c1-12-9-22(10-13-3-2-6-19-8-13)11-16(12)20-18(23)15-7-17(24-21-15)14-4-5-14/h2-3,6-8,12,14,16H,4-5,9-11H2,1H3,(H,20,23). The Labute approximate surface area is 141 Å². The van der Waals surface area contributed by atoms with Gasteiger partial charge in [0.05, 0.1) is 0 Å². The highest BCUT2D eigenvalue weighted by molar-refractivity contribution is 5.92. The molecule has 2 aromatic rings. The van der Waals surface area contributed by atoms with E-state index in [1.165, 1.54) is 5.56 Å². The number of aromatic nitrogens is 2. The van der Waals surface area contributed by atoms with Gasteiger partial charge in [-0.15, -0.1) is 0 Å². The summed E-state index contributed by atoms with van der Waals surface area (Å²) < 4.78 is 5.27. The predicted molar refractivity (Wildman–Crippen MR) is 88.4 cm³/mol. The Morgan fingerprint density at radius 1 is 1.42 bits per heavy atom. The first kappa shape index (κ1) is 15.3. The Kier molecular flexibility index (Phi) is 4.06. The van der Waals surface area contributed by atoms with E-state index in [-0.39, 0.29) is 11.9 Å². The quantitative estimate of drug-likeness (QED) is 0.912. The van der Waals surface area contributed by atoms with Crippen molar-refractivity contribution in [1.82, 2.24) is 20.4 Å². The van der Waals surface area contributed by atoms with Gasteiger partial charge in [-0.25, -0.2) is 0 Å². The van der Waals surface area contributed by atoms with Crippen LogP contribution in [0.5, 0.6) is 0 Å². The molecule has 2 atom stereocenters. The van der Waals surface area contributed by atoms with Crippen molar-refractivity contribution in [3.8, 4) is 0 Å². The summed E-state index contributed by atoms with van der Waals surface area (Å²) >= 11 is 0. The summed E-state index contributed by atoms with van der Waals surface area (Å²) in [4.78, 5) is 18.9. The van der Waals surface area contributed by atoms with E-state index in [1.807, 2.05) is 12.3 Å². The fourth-order valence-electron chi connectivity index (χ4n) is 3.33. The minimum atomic E-state index is -0.134. The molecule has 1 aliphatic carbocycles. The molecule has 1 N–H and O–H groups in total. The fraction of sp³-hybridized carbons (Fsp3) is 0.500. The number of amides is 1. The van der Waals surface area contributed by atoms with Crippen molar-refractivity contribution in [3.05, 3.63) is 47.6 Å². The summed E-state index contributed by atoms with van der Waals surface area (Å²) in [7, 11) is 0. The highest BCUT2D eigenvalue weighted by Crippen LogP contribution is 2.40. The van der Waals surface area contributed by atoms with Gasteiger partial charge < -0.3 is 9.84 Å². The van der Waals surface area contributed by atoms with E-state index in [0.717, 1.165) is 38.2 Å². The van der Waals surface area contributed by atoms with Gasteiger partial charge in [-0.2, -0.15) is 0 Å². The zero-order chi connectivity index (χ0) is 16.5. The number of pyridine rings is 1. The monoisotopic (exact) mass is 326 g/mol. The number of hydrogen-bond donors (Lipinski definition) is 1. The molecule has 24 heavy (non-hydrogen) atoms. The molecule has 2 aromatic heterocycles. The van der Waals surface area contributed by atoms with Gasteiger partial charge in [-0.05, 0) is 30.4 Å². The molecule has 3 heterocycles. The van der Waals surface area contributed by atoms with Gasteiger partial charge in [-0.3, -0.25) is 14.7 Å². The van der Waals surface area contributed by atoms with Crippen LogP contribution in [0.15, 0.2) is 35.1 Å². The van der Waals surface area contributed by atoms with Crippen LogP contribution in [0.4, 0.5) is 0 Å². The normalized spacial score (nSPS) is 24.2. The van der Waals surface area contributed by atoms with Crippen molar-refractivity contribution in [2.24, 2.45) is 5.92 Å². The van der Waals surface area contributed by atoms with Crippen molar-refractivity contribution in [2.45, 2.75) is 38.3 Å². The van der Waals surface area contributed by atoms with Crippen LogP contribution in [0.1, 0.15) is 47.5 Å². The van der Waals surface area contributed by atoms with Crippen LogP contribution in [-0.4, -0.2) is 40.1 Å². The second-order valence-corrected chi connectivity index (χ2v) is 7.00. The first-order chi connectivity index (χ1) is 11.7. The molecule has 1 aliphatic heterocycles. The molecular weight excluding hydrogens is 304 g/mol. The zero-order valence-electron chi connectivity index (χ0n) is 13.8. The van der Waals surface area contributed by atoms with E-state index in [0.29, 0.717) is 17.5 Å². The van der Waals surface area contributed by atoms with E-state index in [1.54, 1.807) is 12.3 Å². The van der Waals surface area contributed by atoms with Crippen molar-refractivity contribution in [1.29, 1.82) is 0 Å². The third kappa shape index (κ3) is 3.33. The molecule has 1 saturated heterocycles. The Balaban J connectivity index is 1.34. The van der Waals surface area contributed by atoms with Crippen LogP contribution in [0, 0.1) is 5.92 Å². The molecule has 0 spiro atoms. The molecule has 2 aliphatic rings. The van der Waals surface area contributed by atoms with Gasteiger partial charge in [0.2, 0.25) is 0 Å². The summed E-state index contributed by atoms with van der Waals surface area (Å²) in [5, 5.41) is 7.04. The molecule has 6 nitrogen and oxygen atoms in total. The average molecular weight is 326 g/mol. The second-order valence-electron chi connectivity index (χ2n) is 7.00. The Morgan fingerprint density at radius 2 is 2.29 bits per heavy atom. The maximum Gasteiger partial charge on any atom is 0.273 e. The third-order valence-electron chi connectivity index (χ3n) is 4.87. The molecule has 126 valence electrons. The molecule has 1 saturated carbocycles. The molecule has 2 unspecified atom stereocenters. The maximum atomic E-state index is 12.4. The first-order valence-electron chi connectivity index (χ1n) is 8.58. The number of nitrogens with one attached hydrogen (secondary N) is 1. The highest BCUT2D eigenvalue weighted by atomic mass is 16.5. The van der Waals surface area contributed by atoms with Gasteiger partial charge in [0, 0.05) is 50.1 Å². The van der Waals surface area contributed by atoms with Crippen LogP contribution < -0.4 is 5.32 Å². The minimum absolute atomic E-state index is 0.134. The summed E-state index contributed by atoms with van der Waals surface area (Å²) in [6.07, 6.45) is 5.96. The van der Waals surface area contributed by atoms with Gasteiger partial charge in [-0.1, -0.05) is 18.1 Å². The van der Waals surface area contributed by atoms with E-state index in [9.17, 15) is 4.79 Å². The van der Waals surface area contributed by atoms with E-state index >= 15 is 0 Å². The summed E-state index contributed by atoms with van der Waals surface area (Å²) in [5.74, 6) is 1.59. The Hall–Kier alpha value is -2.21. The predicted octanol–water partition coefficient (Wildman–Crippen LogP) is 2.20. The molecule has 2 fully saturated rings. The molecule has 0 aromatic carbocycles. The van der Waals surface area contributed by atoms with Crippen molar-refractivity contribution >= 4 is 5.91 Å². The largest absolute Gasteiger partial charge is 0.360 e. The van der Waals surface area contributed by atoms with Crippen LogP contribution in [0.3, 0.4) is 0 Å². The van der Waals surface area contributed by atoms with Gasteiger partial charge in [0.1, 0.15) is 5.76 Å². The van der Waals surface area contributed by atoms with Crippen molar-refractivity contribution < 1.29 is 9.32 Å². The third-order valence-corrected chi connectivity index (χ3v) is 4.87. The van der Waals surface area contributed by atoms with Crippen LogP contribution in [-0.2, 0) is 6.54 Å². The van der Waals surface area contributed by atoms with Crippen molar-refractivity contribution in [3.63, 3.8) is 0 Å². The first-order valence-corrected chi connectivity index (χ1v) is 8.58. The molecular formula is C18H22N4O2. The lowest BCUT2D eigenvalue weighted by Gasteiger charge is -2.16. The SMILES string of the molecule is CC1CN(Cc2cccnc2)CC1NC(=O)c1cc(C2CC2)on1. The molecule has 0 radical (unpaired) electrons. The van der Waals surface area contributed by atoms with Gasteiger partial charge in [0.25, 0.3) is 5.91 Å². The molecule has 4 rings (SSSR count). The van der Waals surface area contributed by atoms with E-state index in [2.05, 4.69) is 33.3 Å². The topological polar surface area (TPSA) is 71.3 Å². The molecule has 0 bridgehead atoms. The van der Waals surface area contributed by atoms with E-state index < -0.39 is 0 Å². The number of hydrogen-bond acceptors (Lipinski definition) is 5. The summed E-state index contributed by atoms with van der Waals surface area (Å²) in [6, 6.07) is 5.96. The fourth-order valence-corrected chi connectivity index (χ4v) is 3.33. The number of carbonyl (C=O) groups is 1. The molecule has 6 heteroatoms. The van der Waals surface area contributed by atoms with Crippen LogP contribution >= 0.6 is 0 Å².